The molecule has 4 N–H and O–H groups in total. The van der Waals surface area contributed by atoms with Gasteiger partial charge in [0.25, 0.3) is 0 Å². The lowest BCUT2D eigenvalue weighted by molar-refractivity contribution is -0.365. The lowest BCUT2D eigenvalue weighted by atomic mass is 10.1. The number of anilines is 5. The third-order valence-electron chi connectivity index (χ3n) is 5.72. The van der Waals surface area contributed by atoms with E-state index >= 15 is 0 Å². The molecular formula is C24H26BrN8+. The van der Waals surface area contributed by atoms with Crippen molar-refractivity contribution in [2.45, 2.75) is 0 Å². The van der Waals surface area contributed by atoms with Gasteiger partial charge in [-0.25, -0.2) is 10.3 Å². The van der Waals surface area contributed by atoms with Crippen LogP contribution in [0.15, 0.2) is 71.5 Å². The monoisotopic (exact) mass is 505 g/mol. The first-order valence-corrected chi connectivity index (χ1v) is 11.7. The van der Waals surface area contributed by atoms with Gasteiger partial charge in [0.2, 0.25) is 5.82 Å². The van der Waals surface area contributed by atoms with Crippen LogP contribution in [0.4, 0.5) is 28.8 Å². The molecule has 2 aromatic carbocycles. The second kappa shape index (κ2) is 9.60. The van der Waals surface area contributed by atoms with Crippen LogP contribution >= 0.6 is 15.9 Å². The van der Waals surface area contributed by atoms with Crippen LogP contribution in [0.1, 0.15) is 0 Å². The van der Waals surface area contributed by atoms with E-state index in [2.05, 4.69) is 88.9 Å². The fourth-order valence-electron chi connectivity index (χ4n) is 3.82. The van der Waals surface area contributed by atoms with Crippen molar-refractivity contribution in [3.8, 4) is 11.3 Å². The summed E-state index contributed by atoms with van der Waals surface area (Å²) in [5, 5.41) is 13.8. The zero-order valence-electron chi connectivity index (χ0n) is 18.3. The second-order valence-electron chi connectivity index (χ2n) is 8.08. The number of piperazine rings is 1. The van der Waals surface area contributed by atoms with E-state index in [1.807, 2.05) is 30.5 Å². The van der Waals surface area contributed by atoms with Crippen LogP contribution in [0.3, 0.4) is 0 Å². The molecule has 0 saturated carbocycles. The highest BCUT2D eigenvalue weighted by molar-refractivity contribution is 9.10. The van der Waals surface area contributed by atoms with Crippen LogP contribution in [0.5, 0.6) is 0 Å². The summed E-state index contributed by atoms with van der Waals surface area (Å²) in [7, 11) is 2.17. The van der Waals surface area contributed by atoms with E-state index in [0.717, 1.165) is 53.3 Å². The molecule has 1 aliphatic rings. The van der Waals surface area contributed by atoms with Gasteiger partial charge < -0.3 is 15.1 Å². The molecular weight excluding hydrogens is 480 g/mol. The number of halogens is 1. The normalized spacial score (nSPS) is 14.3. The largest absolute Gasteiger partial charge is 0.396 e. The first kappa shape index (κ1) is 21.4. The van der Waals surface area contributed by atoms with Gasteiger partial charge in [-0.1, -0.05) is 17.1 Å². The predicted molar refractivity (Wildman–Crippen MR) is 135 cm³/mol. The fourth-order valence-corrected chi connectivity index (χ4v) is 4.13. The Hall–Kier alpha value is -3.43. The topological polar surface area (TPSA) is 86.2 Å². The van der Waals surface area contributed by atoms with Crippen molar-refractivity contribution in [2.24, 2.45) is 0 Å². The Morgan fingerprint density at radius 1 is 0.970 bits per heavy atom. The van der Waals surface area contributed by atoms with Gasteiger partial charge in [-0.15, -0.1) is 0 Å². The summed E-state index contributed by atoms with van der Waals surface area (Å²) >= 11 is 3.58. The Morgan fingerprint density at radius 2 is 1.79 bits per heavy atom. The fraction of sp³-hybridized carbons (Fsp3) is 0.208. The number of rotatable bonds is 6. The number of benzene rings is 2. The van der Waals surface area contributed by atoms with Gasteiger partial charge in [-0.3, -0.25) is 5.10 Å². The molecule has 3 heterocycles. The number of aromatic nitrogens is 4. The van der Waals surface area contributed by atoms with E-state index in [0.29, 0.717) is 11.8 Å². The van der Waals surface area contributed by atoms with E-state index in [-0.39, 0.29) is 0 Å². The van der Waals surface area contributed by atoms with E-state index in [9.17, 15) is 0 Å². The summed E-state index contributed by atoms with van der Waals surface area (Å²) < 4.78 is 0.838. The minimum atomic E-state index is 0.651. The molecule has 9 heteroatoms. The third-order valence-corrected chi connectivity index (χ3v) is 6.33. The minimum absolute atomic E-state index is 0.651. The minimum Gasteiger partial charge on any atom is -0.369 e. The van der Waals surface area contributed by atoms with Gasteiger partial charge in [0.15, 0.2) is 0 Å². The van der Waals surface area contributed by atoms with Crippen molar-refractivity contribution < 1.29 is 4.98 Å². The summed E-state index contributed by atoms with van der Waals surface area (Å²) in [5.74, 6) is 1.37. The summed E-state index contributed by atoms with van der Waals surface area (Å²) in [6.07, 6.45) is 3.62. The van der Waals surface area contributed by atoms with Crippen LogP contribution in [-0.4, -0.2) is 53.3 Å². The molecule has 2 aromatic heterocycles. The van der Waals surface area contributed by atoms with Gasteiger partial charge in [-0.2, -0.15) is 5.10 Å². The molecule has 1 aliphatic heterocycles. The molecule has 5 rings (SSSR count). The lowest BCUT2D eigenvalue weighted by Crippen LogP contribution is -2.44. The molecule has 1 saturated heterocycles. The second-order valence-corrected chi connectivity index (χ2v) is 8.94. The molecule has 0 bridgehead atoms. The van der Waals surface area contributed by atoms with E-state index in [1.165, 1.54) is 5.69 Å². The van der Waals surface area contributed by atoms with Crippen molar-refractivity contribution in [1.82, 2.24) is 20.1 Å². The van der Waals surface area contributed by atoms with Crippen LogP contribution in [0.2, 0.25) is 0 Å². The van der Waals surface area contributed by atoms with Gasteiger partial charge in [0, 0.05) is 49.3 Å². The van der Waals surface area contributed by atoms with Gasteiger partial charge >= 0.3 is 5.95 Å². The van der Waals surface area contributed by atoms with Crippen molar-refractivity contribution in [2.75, 3.05) is 48.8 Å². The molecule has 8 nitrogen and oxygen atoms in total. The standard InChI is InChI=1S/C24H25BrN8/c1-32-11-13-33(14-12-32)20-7-5-18(6-8-20)29-24-26-16-21(25)23(30-24)28-19-4-2-3-17(15-19)22-9-10-27-31-22/h2-10,15-16H,11-14H2,1H3,(H,27,31)(H2,26,28,29,30)/p+1. The molecule has 0 amide bonds. The predicted octanol–water partition coefficient (Wildman–Crippen LogP) is 4.29. The molecule has 33 heavy (non-hydrogen) atoms. The number of hydrogen-bond donors (Lipinski definition) is 3. The van der Waals surface area contributed by atoms with E-state index in [1.54, 1.807) is 6.20 Å². The van der Waals surface area contributed by atoms with Crippen LogP contribution in [0, 0.1) is 0 Å². The molecule has 0 unspecified atom stereocenters. The summed E-state index contributed by atoms with van der Waals surface area (Å²) in [5.41, 5.74) is 5.18. The Balaban J connectivity index is 1.29. The molecule has 4 aromatic rings. The average Bonchev–Trinajstić information content (AvgIpc) is 3.38. The highest BCUT2D eigenvalue weighted by atomic mass is 79.9. The number of H-pyrrole nitrogens is 2. The van der Waals surface area contributed by atoms with E-state index < -0.39 is 0 Å². The first-order chi connectivity index (χ1) is 16.1. The van der Waals surface area contributed by atoms with E-state index in [4.69, 9.17) is 4.98 Å². The zero-order valence-corrected chi connectivity index (χ0v) is 19.9. The van der Waals surface area contributed by atoms with Crippen LogP contribution in [0.25, 0.3) is 11.3 Å². The highest BCUT2D eigenvalue weighted by Crippen LogP contribution is 2.27. The number of hydrogen-bond acceptors (Lipinski definition) is 6. The highest BCUT2D eigenvalue weighted by Gasteiger charge is 2.16. The first-order valence-electron chi connectivity index (χ1n) is 10.9. The number of nitrogens with one attached hydrogen (secondary N) is 4. The maximum absolute atomic E-state index is 4.72. The average molecular weight is 506 g/mol. The Morgan fingerprint density at radius 3 is 2.55 bits per heavy atom. The van der Waals surface area contributed by atoms with Crippen LogP contribution in [-0.2, 0) is 0 Å². The SMILES string of the molecule is CN1CCN(c2ccc(Nc3nc(Nc4cccc(-c5ccn[nH]5)c4)c(Br)c[nH+]3)cc2)CC1. The van der Waals surface area contributed by atoms with Gasteiger partial charge in [0.05, 0.1) is 17.6 Å². The van der Waals surface area contributed by atoms with Crippen molar-refractivity contribution in [1.29, 1.82) is 0 Å². The molecule has 0 radical (unpaired) electrons. The summed E-state index contributed by atoms with van der Waals surface area (Å²) in [6, 6.07) is 18.6. The smallest absolute Gasteiger partial charge is 0.369 e. The maximum Gasteiger partial charge on any atom is 0.396 e. The van der Waals surface area contributed by atoms with Gasteiger partial charge in [-0.05, 0) is 65.4 Å². The Kier molecular flexibility index (Phi) is 6.23. The molecule has 0 atom stereocenters. The summed E-state index contributed by atoms with van der Waals surface area (Å²) in [6.45, 7) is 4.31. The van der Waals surface area contributed by atoms with Crippen molar-refractivity contribution in [3.63, 3.8) is 0 Å². The van der Waals surface area contributed by atoms with Crippen LogP contribution < -0.4 is 20.5 Å². The number of aromatic amines is 2. The number of likely N-dealkylation sites (N-methyl/N-ethyl adjacent to an activating group) is 1. The van der Waals surface area contributed by atoms with Gasteiger partial charge in [0.1, 0.15) is 4.47 Å². The molecule has 1 fully saturated rings. The lowest BCUT2D eigenvalue weighted by Gasteiger charge is -2.34. The zero-order chi connectivity index (χ0) is 22.6. The Labute approximate surface area is 201 Å². The Bertz CT molecular complexity index is 1200. The van der Waals surface area contributed by atoms with Crippen molar-refractivity contribution >= 4 is 44.8 Å². The summed E-state index contributed by atoms with van der Waals surface area (Å²) in [4.78, 5) is 12.7. The number of nitrogens with zero attached hydrogens (tertiary/aromatic N) is 4. The maximum atomic E-state index is 4.72. The molecule has 0 aliphatic carbocycles. The quantitative estimate of drug-likeness (QED) is 0.362. The molecule has 0 spiro atoms. The van der Waals surface area contributed by atoms with Crippen molar-refractivity contribution in [3.05, 3.63) is 71.5 Å². The molecule has 168 valence electrons. The third kappa shape index (κ3) is 5.15.